The Morgan fingerprint density at radius 1 is 1.36 bits per heavy atom. The van der Waals surface area contributed by atoms with Crippen molar-refractivity contribution < 1.29 is 13.7 Å². The maximum Gasteiger partial charge on any atom is 0.237 e. The number of furan rings is 1. The van der Waals surface area contributed by atoms with Gasteiger partial charge in [-0.3, -0.25) is 10.1 Å². The molecule has 3 aromatic rings. The van der Waals surface area contributed by atoms with Gasteiger partial charge in [-0.1, -0.05) is 37.7 Å². The second kappa shape index (κ2) is 6.75. The number of carbonyl (C=O) groups excluding carboxylic acids is 1. The van der Waals surface area contributed by atoms with Gasteiger partial charge in [0.2, 0.25) is 11.8 Å². The number of hydrogen-bond donors (Lipinski definition) is 1. The van der Waals surface area contributed by atoms with Crippen molar-refractivity contribution in [3.63, 3.8) is 0 Å². The van der Waals surface area contributed by atoms with Crippen molar-refractivity contribution >= 4 is 23.6 Å². The summed E-state index contributed by atoms with van der Waals surface area (Å²) >= 11 is 1.28. The Morgan fingerprint density at radius 2 is 2.16 bits per heavy atom. The highest BCUT2D eigenvalue weighted by atomic mass is 32.2. The standard InChI is InChI=1S/C16H19N5O3S/c1-16(2,3)11-8-13(24-20-11)17-12(22)9-25-15-19-18-14(21(15)4)10-6-5-7-23-10/h5-8H,9H2,1-4H3,(H,17,22). The second-order valence-corrected chi connectivity index (χ2v) is 7.45. The molecule has 3 heterocycles. The van der Waals surface area contributed by atoms with E-state index in [1.165, 1.54) is 11.8 Å². The number of carbonyl (C=O) groups is 1. The van der Waals surface area contributed by atoms with Gasteiger partial charge in [0.1, 0.15) is 0 Å². The minimum absolute atomic E-state index is 0.137. The molecule has 0 aliphatic heterocycles. The lowest BCUT2D eigenvalue weighted by atomic mass is 9.92. The highest BCUT2D eigenvalue weighted by Gasteiger charge is 2.20. The van der Waals surface area contributed by atoms with Gasteiger partial charge in [-0.2, -0.15) is 0 Å². The van der Waals surface area contributed by atoms with Gasteiger partial charge < -0.3 is 13.5 Å². The molecular weight excluding hydrogens is 342 g/mol. The molecule has 1 amide bonds. The Balaban J connectivity index is 1.59. The molecule has 0 saturated heterocycles. The lowest BCUT2D eigenvalue weighted by Crippen LogP contribution is -2.14. The number of rotatable bonds is 5. The average molecular weight is 361 g/mol. The third kappa shape index (κ3) is 3.93. The molecule has 0 bridgehead atoms. The van der Waals surface area contributed by atoms with Crippen LogP contribution in [0.25, 0.3) is 11.6 Å². The molecule has 9 heteroatoms. The van der Waals surface area contributed by atoms with E-state index in [0.717, 1.165) is 5.69 Å². The fourth-order valence-corrected chi connectivity index (χ4v) is 2.76. The van der Waals surface area contributed by atoms with Crippen molar-refractivity contribution in [1.82, 2.24) is 19.9 Å². The van der Waals surface area contributed by atoms with Gasteiger partial charge in [-0.05, 0) is 12.1 Å². The van der Waals surface area contributed by atoms with Crippen molar-refractivity contribution in [2.24, 2.45) is 7.05 Å². The zero-order chi connectivity index (χ0) is 18.0. The molecule has 132 valence electrons. The van der Waals surface area contributed by atoms with Crippen LogP contribution in [0.5, 0.6) is 0 Å². The number of amides is 1. The maximum absolute atomic E-state index is 12.1. The topological polar surface area (TPSA) is 99.0 Å². The quantitative estimate of drug-likeness (QED) is 0.697. The summed E-state index contributed by atoms with van der Waals surface area (Å²) in [4.78, 5) is 12.1. The number of nitrogens with zero attached hydrogens (tertiary/aromatic N) is 4. The molecule has 0 aliphatic rings. The Bertz CT molecular complexity index is 861. The lowest BCUT2D eigenvalue weighted by molar-refractivity contribution is -0.113. The first-order chi connectivity index (χ1) is 11.8. The van der Waals surface area contributed by atoms with Crippen LogP contribution in [0.3, 0.4) is 0 Å². The minimum Gasteiger partial charge on any atom is -0.461 e. The number of hydrogen-bond acceptors (Lipinski definition) is 7. The average Bonchev–Trinajstić information content (AvgIpc) is 3.25. The number of anilines is 1. The largest absolute Gasteiger partial charge is 0.461 e. The van der Waals surface area contributed by atoms with Gasteiger partial charge >= 0.3 is 0 Å². The Morgan fingerprint density at radius 3 is 2.80 bits per heavy atom. The first-order valence-corrected chi connectivity index (χ1v) is 8.66. The first-order valence-electron chi connectivity index (χ1n) is 7.67. The van der Waals surface area contributed by atoms with Crippen LogP contribution in [0.2, 0.25) is 0 Å². The Kier molecular flexibility index (Phi) is 4.67. The van der Waals surface area contributed by atoms with E-state index in [9.17, 15) is 4.79 Å². The van der Waals surface area contributed by atoms with Crippen LogP contribution >= 0.6 is 11.8 Å². The van der Waals surface area contributed by atoms with E-state index in [1.807, 2.05) is 33.9 Å². The van der Waals surface area contributed by atoms with E-state index < -0.39 is 0 Å². The van der Waals surface area contributed by atoms with Gasteiger partial charge in [0.25, 0.3) is 0 Å². The summed E-state index contributed by atoms with van der Waals surface area (Å²) in [7, 11) is 1.82. The first kappa shape index (κ1) is 17.3. The fraction of sp³-hybridized carbons (Fsp3) is 0.375. The smallest absolute Gasteiger partial charge is 0.237 e. The summed E-state index contributed by atoms with van der Waals surface area (Å²) in [5.74, 6) is 1.55. The molecule has 0 saturated carbocycles. The summed E-state index contributed by atoms with van der Waals surface area (Å²) < 4.78 is 12.3. The molecule has 0 unspecified atom stereocenters. The summed E-state index contributed by atoms with van der Waals surface area (Å²) in [6.07, 6.45) is 1.58. The Labute approximate surface area is 149 Å². The van der Waals surface area contributed by atoms with Gasteiger partial charge in [-0.25, -0.2) is 0 Å². The molecule has 3 rings (SSSR count). The monoisotopic (exact) mass is 361 g/mol. The van der Waals surface area contributed by atoms with Crippen LogP contribution in [0.4, 0.5) is 5.88 Å². The van der Waals surface area contributed by atoms with E-state index in [-0.39, 0.29) is 17.1 Å². The van der Waals surface area contributed by atoms with Crippen molar-refractivity contribution in [1.29, 1.82) is 0 Å². The van der Waals surface area contributed by atoms with Crippen molar-refractivity contribution in [2.75, 3.05) is 11.1 Å². The van der Waals surface area contributed by atoms with Crippen molar-refractivity contribution in [2.45, 2.75) is 31.3 Å². The molecular formula is C16H19N5O3S. The maximum atomic E-state index is 12.1. The zero-order valence-electron chi connectivity index (χ0n) is 14.4. The van der Waals surface area contributed by atoms with Gasteiger partial charge in [0, 0.05) is 18.5 Å². The number of aromatic nitrogens is 4. The van der Waals surface area contributed by atoms with E-state index >= 15 is 0 Å². The molecule has 0 fully saturated rings. The van der Waals surface area contributed by atoms with Crippen LogP contribution in [-0.2, 0) is 17.3 Å². The summed E-state index contributed by atoms with van der Waals surface area (Å²) in [5.41, 5.74) is 0.647. The van der Waals surface area contributed by atoms with Crippen LogP contribution in [0.15, 0.2) is 38.6 Å². The van der Waals surface area contributed by atoms with Crippen LogP contribution in [-0.4, -0.2) is 31.6 Å². The molecule has 25 heavy (non-hydrogen) atoms. The van der Waals surface area contributed by atoms with E-state index in [0.29, 0.717) is 22.6 Å². The third-order valence-corrected chi connectivity index (χ3v) is 4.47. The van der Waals surface area contributed by atoms with Crippen molar-refractivity contribution in [3.8, 4) is 11.6 Å². The van der Waals surface area contributed by atoms with E-state index in [1.54, 1.807) is 23.0 Å². The van der Waals surface area contributed by atoms with Gasteiger partial charge in [0.05, 0.1) is 17.7 Å². The summed E-state index contributed by atoms with van der Waals surface area (Å²) in [6.45, 7) is 6.07. The zero-order valence-corrected chi connectivity index (χ0v) is 15.3. The van der Waals surface area contributed by atoms with Crippen LogP contribution < -0.4 is 5.32 Å². The Hall–Kier alpha value is -2.55. The van der Waals surface area contributed by atoms with E-state index in [4.69, 9.17) is 8.94 Å². The van der Waals surface area contributed by atoms with Gasteiger partial charge in [-0.15, -0.1) is 10.2 Å². The highest BCUT2D eigenvalue weighted by molar-refractivity contribution is 7.99. The number of nitrogens with one attached hydrogen (secondary N) is 1. The highest BCUT2D eigenvalue weighted by Crippen LogP contribution is 2.25. The van der Waals surface area contributed by atoms with Crippen LogP contribution in [0.1, 0.15) is 26.5 Å². The summed E-state index contributed by atoms with van der Waals surface area (Å²) in [5, 5.41) is 15.5. The van der Waals surface area contributed by atoms with E-state index in [2.05, 4.69) is 20.7 Å². The SMILES string of the molecule is Cn1c(SCC(=O)Nc2cc(C(C)(C)C)no2)nnc1-c1ccco1. The number of thioether (sulfide) groups is 1. The molecule has 1 N–H and O–H groups in total. The van der Waals surface area contributed by atoms with Crippen molar-refractivity contribution in [3.05, 3.63) is 30.2 Å². The molecule has 0 aromatic carbocycles. The normalized spacial score (nSPS) is 11.7. The molecule has 0 atom stereocenters. The molecule has 0 radical (unpaired) electrons. The molecule has 3 aromatic heterocycles. The lowest BCUT2D eigenvalue weighted by Gasteiger charge is -2.12. The third-order valence-electron chi connectivity index (χ3n) is 3.45. The predicted octanol–water partition coefficient (Wildman–Crippen LogP) is 3.09. The molecule has 0 aliphatic carbocycles. The summed E-state index contributed by atoms with van der Waals surface area (Å²) in [6, 6.07) is 5.33. The second-order valence-electron chi connectivity index (χ2n) is 6.51. The predicted molar refractivity (Wildman–Crippen MR) is 93.3 cm³/mol. The fourth-order valence-electron chi connectivity index (χ4n) is 2.05. The van der Waals surface area contributed by atoms with Crippen LogP contribution in [0, 0.1) is 0 Å². The van der Waals surface area contributed by atoms with Gasteiger partial charge in [0.15, 0.2) is 16.7 Å². The molecule has 0 spiro atoms. The minimum atomic E-state index is -0.204. The molecule has 8 nitrogen and oxygen atoms in total.